The number of fused-ring (bicyclic) bond motifs is 3. The molecular weight excluding hydrogens is 702 g/mol. The molecule has 0 aliphatic carbocycles. The smallest absolute Gasteiger partial charge is 0.406 e. The van der Waals surface area contributed by atoms with E-state index in [-0.39, 0.29) is 17.5 Å². The van der Waals surface area contributed by atoms with Crippen LogP contribution < -0.4 is 5.32 Å². The summed E-state index contributed by atoms with van der Waals surface area (Å²) in [6.07, 6.45) is 6.51. The predicted octanol–water partition coefficient (Wildman–Crippen LogP) is 10.8. The SMILES string of the molecule is C=C.CCCC.C\C=C/C(=C\C(=C/C)OC(F)(F)F)NC(=O)C1CCN(Cc2ccc(-c3nc4c(cnc5cc(C)nn54)cc3-c3ccccc3)cc2)CC1. The number of likely N-dealkylation sites (tertiary alicyclic amines) is 1. The Morgan fingerprint density at radius 1 is 0.982 bits per heavy atom. The minimum absolute atomic E-state index is 0.216. The Balaban J connectivity index is 0.00000105. The lowest BCUT2D eigenvalue weighted by atomic mass is 9.95. The van der Waals surface area contributed by atoms with E-state index in [0.29, 0.717) is 12.8 Å². The van der Waals surface area contributed by atoms with Crippen LogP contribution in [-0.4, -0.2) is 49.8 Å². The van der Waals surface area contributed by atoms with Gasteiger partial charge in [-0.2, -0.15) is 9.61 Å². The van der Waals surface area contributed by atoms with Gasteiger partial charge in [0.2, 0.25) is 5.91 Å². The van der Waals surface area contributed by atoms with Crippen LogP contribution in [0.2, 0.25) is 0 Å². The summed E-state index contributed by atoms with van der Waals surface area (Å²) in [7, 11) is 0. The highest BCUT2D eigenvalue weighted by Crippen LogP contribution is 2.34. The van der Waals surface area contributed by atoms with Gasteiger partial charge in [0.25, 0.3) is 0 Å². The lowest BCUT2D eigenvalue weighted by Gasteiger charge is -2.31. The summed E-state index contributed by atoms with van der Waals surface area (Å²) >= 11 is 0. The standard InChI is InChI=1S/C38H37F3N6O2.C4H10.C2H4/c1-4-9-31(22-32(5-2)49-38(39,40)41)43-37(48)29-16-18-46(19-17-29)24-26-12-14-28(15-13-26)35-33(27-10-7-6-8-11-27)21-30-23-42-34-20-25(3)45-47(34)36(30)44-35;1-3-4-2;1-2/h4-15,20-23,29H,16-19,24H2,1-3H3,(H,43,48);3-4H2,1-2H3;1-2H2/b9-4-,31-22+,32-5+;;. The molecule has 5 aromatic rings. The zero-order chi connectivity index (χ0) is 40.0. The molecule has 1 aliphatic heterocycles. The molecule has 0 radical (unpaired) electrons. The van der Waals surface area contributed by atoms with E-state index >= 15 is 0 Å². The maximum Gasteiger partial charge on any atom is 0.573 e. The summed E-state index contributed by atoms with van der Waals surface area (Å²) in [4.78, 5) is 25.1. The average molecular weight is 753 g/mol. The zero-order valence-corrected chi connectivity index (χ0v) is 32.4. The number of allylic oxidation sites excluding steroid dienone is 4. The molecule has 1 aliphatic rings. The summed E-state index contributed by atoms with van der Waals surface area (Å²) in [5.74, 6) is -0.858. The average Bonchev–Trinajstić information content (AvgIpc) is 3.59. The molecule has 2 aromatic carbocycles. The fraction of sp³-hybridized carbons (Fsp3) is 0.318. The third-order valence-electron chi connectivity index (χ3n) is 8.99. The Kier molecular flexibility index (Phi) is 15.5. The molecule has 4 heterocycles. The number of ether oxygens (including phenoxy) is 1. The zero-order valence-electron chi connectivity index (χ0n) is 32.4. The number of nitrogens with one attached hydrogen (secondary N) is 1. The van der Waals surface area contributed by atoms with E-state index in [9.17, 15) is 18.0 Å². The lowest BCUT2D eigenvalue weighted by Crippen LogP contribution is -2.39. The molecule has 1 amide bonds. The van der Waals surface area contributed by atoms with Crippen LogP contribution in [0.15, 0.2) is 122 Å². The normalized spacial score (nSPS) is 14.3. The number of nitrogens with zero attached hydrogens (tertiary/aromatic N) is 5. The van der Waals surface area contributed by atoms with Crippen LogP contribution >= 0.6 is 0 Å². The number of piperidine rings is 1. The number of pyridine rings is 1. The van der Waals surface area contributed by atoms with Crippen molar-refractivity contribution in [1.29, 1.82) is 0 Å². The van der Waals surface area contributed by atoms with Crippen molar-refractivity contribution in [2.45, 2.75) is 73.2 Å². The van der Waals surface area contributed by atoms with Crippen LogP contribution in [0.25, 0.3) is 39.1 Å². The van der Waals surface area contributed by atoms with Gasteiger partial charge in [-0.3, -0.25) is 9.69 Å². The first kappa shape index (κ1) is 42.2. The second-order valence-electron chi connectivity index (χ2n) is 13.1. The molecule has 55 heavy (non-hydrogen) atoms. The summed E-state index contributed by atoms with van der Waals surface area (Å²) in [6.45, 7) is 17.6. The van der Waals surface area contributed by atoms with Gasteiger partial charge in [-0.1, -0.05) is 87.4 Å². The highest BCUT2D eigenvalue weighted by Gasteiger charge is 2.32. The van der Waals surface area contributed by atoms with Gasteiger partial charge in [0.1, 0.15) is 5.76 Å². The molecule has 0 bridgehead atoms. The Bertz CT molecular complexity index is 2090. The van der Waals surface area contributed by atoms with E-state index in [4.69, 9.17) is 4.98 Å². The lowest BCUT2D eigenvalue weighted by molar-refractivity contribution is -0.303. The summed E-state index contributed by atoms with van der Waals surface area (Å²) in [5.41, 5.74) is 7.66. The molecule has 11 heteroatoms. The summed E-state index contributed by atoms with van der Waals surface area (Å²) in [5, 5.41) is 8.31. The number of hydrogen-bond donors (Lipinski definition) is 1. The fourth-order valence-corrected chi connectivity index (χ4v) is 6.10. The van der Waals surface area contributed by atoms with Crippen molar-refractivity contribution in [1.82, 2.24) is 29.8 Å². The first-order valence-corrected chi connectivity index (χ1v) is 18.6. The topological polar surface area (TPSA) is 84.6 Å². The van der Waals surface area contributed by atoms with Crippen molar-refractivity contribution >= 4 is 22.6 Å². The van der Waals surface area contributed by atoms with Gasteiger partial charge in [0.15, 0.2) is 11.3 Å². The predicted molar refractivity (Wildman–Crippen MR) is 216 cm³/mol. The summed E-state index contributed by atoms with van der Waals surface area (Å²) in [6, 6.07) is 22.7. The van der Waals surface area contributed by atoms with Crippen molar-refractivity contribution in [2.75, 3.05) is 13.1 Å². The maximum atomic E-state index is 13.1. The minimum Gasteiger partial charge on any atom is -0.406 e. The Labute approximate surface area is 322 Å². The van der Waals surface area contributed by atoms with E-state index < -0.39 is 12.1 Å². The highest BCUT2D eigenvalue weighted by molar-refractivity contribution is 5.90. The number of aromatic nitrogens is 4. The second kappa shape index (κ2) is 20.2. The van der Waals surface area contributed by atoms with E-state index in [2.05, 4.69) is 94.5 Å². The number of hydrogen-bond acceptors (Lipinski definition) is 6. The Morgan fingerprint density at radius 2 is 1.65 bits per heavy atom. The molecule has 290 valence electrons. The summed E-state index contributed by atoms with van der Waals surface area (Å²) < 4.78 is 44.1. The molecule has 0 atom stereocenters. The van der Waals surface area contributed by atoms with Gasteiger partial charge in [0.05, 0.1) is 11.4 Å². The van der Waals surface area contributed by atoms with Gasteiger partial charge in [0, 0.05) is 53.0 Å². The first-order chi connectivity index (χ1) is 26.5. The molecule has 1 N–H and O–H groups in total. The molecular formula is C44H51F3N6O2. The fourth-order valence-electron chi connectivity index (χ4n) is 6.10. The van der Waals surface area contributed by atoms with Crippen molar-refractivity contribution in [3.63, 3.8) is 0 Å². The first-order valence-electron chi connectivity index (χ1n) is 18.6. The number of unbranched alkanes of at least 4 members (excludes halogenated alkanes) is 1. The van der Waals surface area contributed by atoms with Gasteiger partial charge in [-0.25, -0.2) is 9.97 Å². The molecule has 1 fully saturated rings. The maximum absolute atomic E-state index is 13.1. The monoisotopic (exact) mass is 752 g/mol. The number of halogens is 3. The quantitative estimate of drug-likeness (QED) is 0.0869. The molecule has 3 aromatic heterocycles. The van der Waals surface area contributed by atoms with E-state index in [1.54, 1.807) is 23.6 Å². The number of aryl methyl sites for hydroxylation is 1. The van der Waals surface area contributed by atoms with Crippen molar-refractivity contribution in [3.05, 3.63) is 133 Å². The Hall–Kier alpha value is -5.55. The molecule has 6 rings (SSSR count). The van der Waals surface area contributed by atoms with Crippen LogP contribution in [0, 0.1) is 12.8 Å². The number of rotatable bonds is 10. The van der Waals surface area contributed by atoms with Crippen LogP contribution in [-0.2, 0) is 16.1 Å². The highest BCUT2D eigenvalue weighted by atomic mass is 19.4. The van der Waals surface area contributed by atoms with Crippen LogP contribution in [0.3, 0.4) is 0 Å². The Morgan fingerprint density at radius 3 is 2.25 bits per heavy atom. The van der Waals surface area contributed by atoms with Crippen LogP contribution in [0.1, 0.15) is 64.6 Å². The van der Waals surface area contributed by atoms with E-state index in [1.807, 2.05) is 37.4 Å². The van der Waals surface area contributed by atoms with Gasteiger partial charge < -0.3 is 10.1 Å². The van der Waals surface area contributed by atoms with E-state index in [1.165, 1.54) is 31.9 Å². The van der Waals surface area contributed by atoms with Gasteiger partial charge >= 0.3 is 6.36 Å². The number of amides is 1. The second-order valence-corrected chi connectivity index (χ2v) is 13.1. The number of carbonyl (C=O) groups is 1. The molecule has 0 spiro atoms. The van der Waals surface area contributed by atoms with Crippen molar-refractivity contribution in [3.8, 4) is 22.4 Å². The van der Waals surface area contributed by atoms with Crippen LogP contribution in [0.5, 0.6) is 0 Å². The molecule has 1 saturated heterocycles. The third-order valence-corrected chi connectivity index (χ3v) is 8.99. The minimum atomic E-state index is -4.82. The molecule has 8 nitrogen and oxygen atoms in total. The number of alkyl halides is 3. The van der Waals surface area contributed by atoms with Crippen molar-refractivity contribution in [2.24, 2.45) is 5.92 Å². The van der Waals surface area contributed by atoms with Gasteiger partial charge in [-0.05, 0) is 76.0 Å². The third kappa shape index (κ3) is 11.7. The largest absolute Gasteiger partial charge is 0.573 e. The van der Waals surface area contributed by atoms with E-state index in [0.717, 1.165) is 70.0 Å². The van der Waals surface area contributed by atoms with Gasteiger partial charge in [-0.15, -0.1) is 26.3 Å². The van der Waals surface area contributed by atoms with Crippen LogP contribution in [0.4, 0.5) is 13.2 Å². The number of benzene rings is 2. The molecule has 0 saturated carbocycles. The van der Waals surface area contributed by atoms with Crippen molar-refractivity contribution < 1.29 is 22.7 Å². The number of carbonyl (C=O) groups excluding carboxylic acids is 1. The molecule has 0 unspecified atom stereocenters.